The van der Waals surface area contributed by atoms with E-state index in [-0.39, 0.29) is 30.1 Å². The fourth-order valence-electron chi connectivity index (χ4n) is 8.84. The minimum atomic E-state index is -0.943. The molecule has 4 aliphatic rings. The fourth-order valence-corrected chi connectivity index (χ4v) is 8.84. The SMILES string of the molecule is CON=C(CCC(=O)O)c1nc2ccccc2n(C2CC3CCC[C@H](C2)N3C2CC3CC(C)CC(C3)C2)c1=O. The number of carboxylic acids is 1. The quantitative estimate of drug-likeness (QED) is 0.378. The van der Waals surface area contributed by atoms with Crippen molar-refractivity contribution in [2.75, 3.05) is 7.11 Å². The van der Waals surface area contributed by atoms with Crippen LogP contribution in [-0.4, -0.2) is 56.5 Å². The fraction of sp³-hybridized carbons (Fsp3) is 0.677. The Morgan fingerprint density at radius 1 is 0.974 bits per heavy atom. The van der Waals surface area contributed by atoms with Gasteiger partial charge in [-0.1, -0.05) is 30.6 Å². The molecule has 4 unspecified atom stereocenters. The van der Waals surface area contributed by atoms with Crippen molar-refractivity contribution in [3.63, 3.8) is 0 Å². The standard InChI is InChI=1S/C31H42N4O4/c1-19-12-20-14-21(13-19)16-24(15-20)34-22-6-5-7-23(34)18-25(17-22)35-28-9-4-3-8-26(28)32-30(31(35)38)27(33-39-2)10-11-29(36)37/h3-4,8-9,19-25H,5-7,10-18H2,1-2H3,(H,36,37)/t19?,20?,21?,22-,23?,24?,25?/m1/s1. The normalized spacial score (nSPS) is 33.2. The zero-order valence-corrected chi connectivity index (χ0v) is 23.3. The number of carboxylic acid groups (broad SMARTS) is 1. The van der Waals surface area contributed by atoms with Crippen LogP contribution in [0.2, 0.25) is 0 Å². The zero-order valence-electron chi connectivity index (χ0n) is 23.3. The van der Waals surface area contributed by atoms with Crippen LogP contribution < -0.4 is 5.56 Å². The van der Waals surface area contributed by atoms with Gasteiger partial charge in [-0.15, -0.1) is 0 Å². The Bertz CT molecular complexity index is 1270. The van der Waals surface area contributed by atoms with E-state index in [9.17, 15) is 14.7 Å². The molecule has 0 spiro atoms. The molecule has 4 bridgehead atoms. The second-order valence-electron chi connectivity index (χ2n) is 12.7. The van der Waals surface area contributed by atoms with E-state index in [2.05, 4.69) is 22.0 Å². The molecule has 0 amide bonds. The Labute approximate surface area is 230 Å². The third-order valence-electron chi connectivity index (χ3n) is 9.99. The van der Waals surface area contributed by atoms with E-state index in [0.717, 1.165) is 41.6 Å². The van der Waals surface area contributed by atoms with Gasteiger partial charge in [0.15, 0.2) is 5.69 Å². The maximum Gasteiger partial charge on any atom is 0.303 e. The number of hydrogen-bond acceptors (Lipinski definition) is 6. The Hall–Kier alpha value is -2.74. The van der Waals surface area contributed by atoms with Gasteiger partial charge in [-0.2, -0.15) is 0 Å². The van der Waals surface area contributed by atoms with Crippen molar-refractivity contribution in [1.29, 1.82) is 0 Å². The molecule has 2 aliphatic carbocycles. The summed E-state index contributed by atoms with van der Waals surface area (Å²) in [5, 5.41) is 13.3. The molecule has 1 N–H and O–H groups in total. The van der Waals surface area contributed by atoms with Crippen molar-refractivity contribution in [2.45, 2.75) is 108 Å². The lowest BCUT2D eigenvalue weighted by Crippen LogP contribution is -2.59. The smallest absolute Gasteiger partial charge is 0.303 e. The van der Waals surface area contributed by atoms with E-state index in [1.54, 1.807) is 0 Å². The van der Waals surface area contributed by atoms with Crippen molar-refractivity contribution in [1.82, 2.24) is 14.5 Å². The summed E-state index contributed by atoms with van der Waals surface area (Å²) in [5.74, 6) is 1.70. The van der Waals surface area contributed by atoms with Crippen LogP contribution in [0.3, 0.4) is 0 Å². The van der Waals surface area contributed by atoms with E-state index in [4.69, 9.17) is 4.84 Å². The monoisotopic (exact) mass is 534 g/mol. The van der Waals surface area contributed by atoms with Crippen molar-refractivity contribution in [3.8, 4) is 0 Å². The molecule has 39 heavy (non-hydrogen) atoms. The van der Waals surface area contributed by atoms with E-state index in [1.807, 2.05) is 28.8 Å². The number of nitrogens with zero attached hydrogens (tertiary/aromatic N) is 4. The molecule has 2 saturated heterocycles. The highest BCUT2D eigenvalue weighted by atomic mass is 16.6. The number of oxime groups is 1. The number of aromatic nitrogens is 2. The van der Waals surface area contributed by atoms with Crippen molar-refractivity contribution in [2.24, 2.45) is 22.9 Å². The summed E-state index contributed by atoms with van der Waals surface area (Å²) in [7, 11) is 1.41. The molecule has 4 fully saturated rings. The van der Waals surface area contributed by atoms with Gasteiger partial charge >= 0.3 is 5.97 Å². The van der Waals surface area contributed by atoms with E-state index in [1.165, 1.54) is 58.5 Å². The van der Waals surface area contributed by atoms with E-state index >= 15 is 0 Å². The first kappa shape index (κ1) is 26.5. The second-order valence-corrected chi connectivity index (χ2v) is 12.7. The molecule has 5 atom stereocenters. The second kappa shape index (κ2) is 11.0. The first-order chi connectivity index (χ1) is 18.9. The molecule has 210 valence electrons. The molecular weight excluding hydrogens is 492 g/mol. The summed E-state index contributed by atoms with van der Waals surface area (Å²) in [4.78, 5) is 38.0. The van der Waals surface area contributed by atoms with Gasteiger partial charge < -0.3 is 14.5 Å². The minimum Gasteiger partial charge on any atom is -0.481 e. The first-order valence-electron chi connectivity index (χ1n) is 15.0. The number of rotatable bonds is 7. The van der Waals surface area contributed by atoms with E-state index in [0.29, 0.717) is 23.8 Å². The number of benzene rings is 1. The third-order valence-corrected chi connectivity index (χ3v) is 9.99. The van der Waals surface area contributed by atoms with Gasteiger partial charge in [0.05, 0.1) is 17.5 Å². The molecule has 8 heteroatoms. The Balaban J connectivity index is 1.33. The molecule has 2 aliphatic heterocycles. The van der Waals surface area contributed by atoms with Gasteiger partial charge in [0, 0.05) is 30.6 Å². The summed E-state index contributed by atoms with van der Waals surface area (Å²) >= 11 is 0. The average Bonchev–Trinajstić information content (AvgIpc) is 2.89. The molecule has 8 nitrogen and oxygen atoms in total. The highest BCUT2D eigenvalue weighted by molar-refractivity contribution is 6.00. The van der Waals surface area contributed by atoms with Crippen molar-refractivity contribution in [3.05, 3.63) is 40.3 Å². The van der Waals surface area contributed by atoms with Gasteiger partial charge in [0.1, 0.15) is 12.8 Å². The number of carbonyl (C=O) groups is 1. The molecule has 3 heterocycles. The molecule has 2 aromatic rings. The number of aliphatic carboxylic acids is 1. The molecular formula is C31H42N4O4. The van der Waals surface area contributed by atoms with Crippen molar-refractivity contribution < 1.29 is 14.7 Å². The highest BCUT2D eigenvalue weighted by Gasteiger charge is 2.46. The van der Waals surface area contributed by atoms with Crippen LogP contribution in [-0.2, 0) is 9.63 Å². The lowest BCUT2D eigenvalue weighted by Gasteiger charge is -2.55. The number of hydrogen-bond donors (Lipinski definition) is 1. The molecule has 6 rings (SSSR count). The first-order valence-corrected chi connectivity index (χ1v) is 15.0. The highest BCUT2D eigenvalue weighted by Crippen LogP contribution is 2.48. The average molecular weight is 535 g/mol. The molecule has 2 saturated carbocycles. The third kappa shape index (κ3) is 5.24. The Morgan fingerprint density at radius 3 is 2.33 bits per heavy atom. The van der Waals surface area contributed by atoms with E-state index < -0.39 is 5.97 Å². The molecule has 1 aromatic carbocycles. The van der Waals surface area contributed by atoms with Crippen LogP contribution in [0.5, 0.6) is 0 Å². The number of fused-ring (bicyclic) bond motifs is 5. The minimum absolute atomic E-state index is 0.0853. The van der Waals surface area contributed by atoms with Gasteiger partial charge in [0.2, 0.25) is 0 Å². The van der Waals surface area contributed by atoms with Crippen LogP contribution >= 0.6 is 0 Å². The predicted molar refractivity (Wildman–Crippen MR) is 151 cm³/mol. The van der Waals surface area contributed by atoms with Gasteiger partial charge in [-0.3, -0.25) is 14.5 Å². The lowest BCUT2D eigenvalue weighted by atomic mass is 9.65. The van der Waals surface area contributed by atoms with Gasteiger partial charge in [-0.25, -0.2) is 4.98 Å². The summed E-state index contributed by atoms with van der Waals surface area (Å²) in [6, 6.07) is 9.59. The van der Waals surface area contributed by atoms with Crippen molar-refractivity contribution >= 4 is 22.7 Å². The lowest BCUT2D eigenvalue weighted by molar-refractivity contribution is -0.136. The summed E-state index contributed by atoms with van der Waals surface area (Å²) in [6.07, 6.45) is 12.5. The predicted octanol–water partition coefficient (Wildman–Crippen LogP) is 5.38. The van der Waals surface area contributed by atoms with Crippen LogP contribution in [0.1, 0.15) is 95.7 Å². The zero-order chi connectivity index (χ0) is 27.1. The van der Waals surface area contributed by atoms with Crippen LogP contribution in [0, 0.1) is 17.8 Å². The largest absolute Gasteiger partial charge is 0.481 e. The summed E-state index contributed by atoms with van der Waals surface area (Å²) in [6.45, 7) is 2.44. The summed E-state index contributed by atoms with van der Waals surface area (Å²) in [5.41, 5.74) is 1.89. The maximum absolute atomic E-state index is 14.1. The Morgan fingerprint density at radius 2 is 1.67 bits per heavy atom. The molecule has 1 aromatic heterocycles. The Kier molecular flexibility index (Phi) is 7.49. The summed E-state index contributed by atoms with van der Waals surface area (Å²) < 4.78 is 1.96. The van der Waals surface area contributed by atoms with Gasteiger partial charge in [0.25, 0.3) is 5.56 Å². The molecule has 0 radical (unpaired) electrons. The maximum atomic E-state index is 14.1. The number of para-hydroxylation sites is 2. The topological polar surface area (TPSA) is 97.0 Å². The van der Waals surface area contributed by atoms with Crippen LogP contribution in [0.15, 0.2) is 34.2 Å². The van der Waals surface area contributed by atoms with Crippen LogP contribution in [0.25, 0.3) is 11.0 Å². The van der Waals surface area contributed by atoms with Gasteiger partial charge in [-0.05, 0) is 87.7 Å². The number of piperidine rings is 2. The van der Waals surface area contributed by atoms with Crippen LogP contribution in [0.4, 0.5) is 0 Å².